The van der Waals surface area contributed by atoms with E-state index in [1.54, 1.807) is 18.2 Å². The summed E-state index contributed by atoms with van der Waals surface area (Å²) in [6.45, 7) is 2.23. The molecular formula is C9H14O. The van der Waals surface area contributed by atoms with Gasteiger partial charge in [-0.25, -0.2) is 0 Å². The maximum absolute atomic E-state index is 8.32. The molecule has 0 rings (SSSR count). The van der Waals surface area contributed by atoms with E-state index in [0.29, 0.717) is 0 Å². The lowest BCUT2D eigenvalue weighted by Gasteiger charge is -1.75. The Morgan fingerprint density at radius 2 is 2.30 bits per heavy atom. The Kier molecular flexibility index (Phi) is 7.58. The van der Waals surface area contributed by atoms with Crippen molar-refractivity contribution in [2.75, 3.05) is 6.61 Å². The van der Waals surface area contributed by atoms with Gasteiger partial charge in [-0.05, 0) is 18.6 Å². The van der Waals surface area contributed by atoms with Gasteiger partial charge in [0.1, 0.15) is 0 Å². The molecule has 0 spiro atoms. The molecule has 0 bridgehead atoms. The van der Waals surface area contributed by atoms with Crippen LogP contribution in [0.1, 0.15) is 19.8 Å². The highest BCUT2D eigenvalue weighted by Gasteiger charge is 1.66. The van der Waals surface area contributed by atoms with E-state index in [-0.39, 0.29) is 6.61 Å². The first-order valence-electron chi connectivity index (χ1n) is 3.58. The molecular weight excluding hydrogens is 124 g/mol. The molecule has 0 radical (unpaired) electrons. The number of allylic oxidation sites excluding steroid dienone is 2. The summed E-state index contributed by atoms with van der Waals surface area (Å²) in [5.74, 6) is 0. The van der Waals surface area contributed by atoms with Crippen LogP contribution < -0.4 is 0 Å². The van der Waals surface area contributed by atoms with Crippen molar-refractivity contribution in [2.24, 2.45) is 0 Å². The first-order valence-corrected chi connectivity index (χ1v) is 3.58. The summed E-state index contributed by atoms with van der Waals surface area (Å²) in [4.78, 5) is 0. The fraction of sp³-hybridized carbons (Fsp3) is 0.444. The fourth-order valence-corrected chi connectivity index (χ4v) is 0.480. The molecule has 0 aromatic heterocycles. The minimum atomic E-state index is 0.103. The summed E-state index contributed by atoms with van der Waals surface area (Å²) >= 11 is 0. The van der Waals surface area contributed by atoms with Crippen LogP contribution in [0.3, 0.4) is 0 Å². The van der Waals surface area contributed by atoms with Crippen molar-refractivity contribution in [3.05, 3.63) is 30.0 Å². The van der Waals surface area contributed by atoms with E-state index in [0.717, 1.165) is 12.8 Å². The molecule has 0 aliphatic rings. The molecule has 0 atom stereocenters. The van der Waals surface area contributed by atoms with Crippen molar-refractivity contribution < 1.29 is 5.11 Å². The fourth-order valence-electron chi connectivity index (χ4n) is 0.480. The maximum Gasteiger partial charge on any atom is 0.0615 e. The summed E-state index contributed by atoms with van der Waals surface area (Å²) < 4.78 is 0. The quantitative estimate of drug-likeness (QED) is 0.465. The van der Waals surface area contributed by atoms with Crippen molar-refractivity contribution in [3.8, 4) is 0 Å². The second kappa shape index (κ2) is 8.22. The van der Waals surface area contributed by atoms with Gasteiger partial charge in [-0.2, -0.15) is 0 Å². The van der Waals surface area contributed by atoms with Crippen LogP contribution in [-0.4, -0.2) is 11.7 Å². The minimum absolute atomic E-state index is 0.103. The van der Waals surface area contributed by atoms with Gasteiger partial charge in [-0.1, -0.05) is 25.5 Å². The van der Waals surface area contributed by atoms with Crippen molar-refractivity contribution in [3.63, 3.8) is 0 Å². The van der Waals surface area contributed by atoms with Crippen molar-refractivity contribution >= 4 is 0 Å². The summed E-state index contributed by atoms with van der Waals surface area (Å²) in [5.41, 5.74) is 2.97. The molecule has 0 saturated heterocycles. The second-order valence-electron chi connectivity index (χ2n) is 1.94. The van der Waals surface area contributed by atoms with E-state index < -0.39 is 0 Å². The molecule has 0 aliphatic carbocycles. The van der Waals surface area contributed by atoms with Crippen LogP contribution in [0.4, 0.5) is 0 Å². The number of aliphatic hydroxyl groups is 1. The van der Waals surface area contributed by atoms with Crippen LogP contribution in [0.2, 0.25) is 0 Å². The average molecular weight is 138 g/mol. The monoisotopic (exact) mass is 138 g/mol. The molecule has 0 aromatic rings. The Labute approximate surface area is 62.4 Å². The lowest BCUT2D eigenvalue weighted by atomic mass is 10.3. The first-order chi connectivity index (χ1) is 4.91. The van der Waals surface area contributed by atoms with Gasteiger partial charge in [0.15, 0.2) is 0 Å². The molecule has 1 heteroatoms. The predicted molar refractivity (Wildman–Crippen MR) is 43.8 cm³/mol. The van der Waals surface area contributed by atoms with Crippen LogP contribution in [0, 0.1) is 0 Å². The Balaban J connectivity index is 3.43. The lowest BCUT2D eigenvalue weighted by Crippen LogP contribution is -1.66. The summed E-state index contributed by atoms with van der Waals surface area (Å²) in [5, 5.41) is 8.32. The molecule has 1 N–H and O–H groups in total. The zero-order valence-electron chi connectivity index (χ0n) is 6.38. The molecule has 0 fully saturated rings. The van der Waals surface area contributed by atoms with Gasteiger partial charge < -0.3 is 5.11 Å². The normalized spacial score (nSPS) is 9.40. The topological polar surface area (TPSA) is 20.2 Å². The van der Waals surface area contributed by atoms with E-state index in [1.807, 2.05) is 6.08 Å². The van der Waals surface area contributed by atoms with Crippen molar-refractivity contribution in [1.82, 2.24) is 0 Å². The van der Waals surface area contributed by atoms with E-state index in [4.69, 9.17) is 5.11 Å². The van der Waals surface area contributed by atoms with E-state index in [1.165, 1.54) is 0 Å². The molecule has 0 heterocycles. The van der Waals surface area contributed by atoms with Gasteiger partial charge in [-0.15, -0.1) is 5.73 Å². The molecule has 0 aliphatic heterocycles. The Hall–Kier alpha value is -0.780. The Morgan fingerprint density at radius 3 is 2.90 bits per heavy atom. The first kappa shape index (κ1) is 9.22. The lowest BCUT2D eigenvalue weighted by molar-refractivity contribution is 0.343. The second-order valence-corrected chi connectivity index (χ2v) is 1.94. The average Bonchev–Trinajstić information content (AvgIpc) is 1.97. The van der Waals surface area contributed by atoms with Gasteiger partial charge in [0.25, 0.3) is 0 Å². The molecule has 0 aromatic carbocycles. The standard InChI is InChI=1S/C9H14O/c1-2-3-4-5-6-7-8-9-10/h4,6-8,10H,2-3,9H2,1H3/b8-7+. The van der Waals surface area contributed by atoms with E-state index in [2.05, 4.69) is 12.7 Å². The minimum Gasteiger partial charge on any atom is -0.392 e. The highest BCUT2D eigenvalue weighted by Crippen LogP contribution is 1.85. The number of hydrogen-bond acceptors (Lipinski definition) is 1. The van der Waals surface area contributed by atoms with Gasteiger partial charge in [0.2, 0.25) is 0 Å². The Bertz CT molecular complexity index is 139. The molecule has 0 unspecified atom stereocenters. The van der Waals surface area contributed by atoms with Crippen LogP contribution in [0.5, 0.6) is 0 Å². The number of hydrogen-bond donors (Lipinski definition) is 1. The number of unbranched alkanes of at least 4 members (excludes halogenated alkanes) is 1. The molecule has 0 amide bonds. The van der Waals surface area contributed by atoms with E-state index in [9.17, 15) is 0 Å². The third-order valence-electron chi connectivity index (χ3n) is 0.985. The summed E-state index contributed by atoms with van der Waals surface area (Å²) in [6.07, 6.45) is 9.47. The third-order valence-corrected chi connectivity index (χ3v) is 0.985. The van der Waals surface area contributed by atoms with Gasteiger partial charge in [0.05, 0.1) is 6.61 Å². The zero-order valence-corrected chi connectivity index (χ0v) is 6.38. The van der Waals surface area contributed by atoms with Crippen molar-refractivity contribution in [1.29, 1.82) is 0 Å². The maximum atomic E-state index is 8.32. The summed E-state index contributed by atoms with van der Waals surface area (Å²) in [7, 11) is 0. The van der Waals surface area contributed by atoms with Crippen LogP contribution >= 0.6 is 0 Å². The smallest absolute Gasteiger partial charge is 0.0615 e. The largest absolute Gasteiger partial charge is 0.392 e. The third kappa shape index (κ3) is 7.22. The van der Waals surface area contributed by atoms with Crippen molar-refractivity contribution in [2.45, 2.75) is 19.8 Å². The molecule has 1 nitrogen and oxygen atoms in total. The Morgan fingerprint density at radius 1 is 1.50 bits per heavy atom. The SMILES string of the molecule is CCCC=C=C/C=C/CO. The van der Waals surface area contributed by atoms with Gasteiger partial charge >= 0.3 is 0 Å². The molecule has 56 valence electrons. The van der Waals surface area contributed by atoms with Crippen LogP contribution in [0.25, 0.3) is 0 Å². The number of aliphatic hydroxyl groups excluding tert-OH is 1. The predicted octanol–water partition coefficient (Wildman–Crippen LogP) is 2.05. The number of rotatable bonds is 4. The molecule has 10 heavy (non-hydrogen) atoms. The summed E-state index contributed by atoms with van der Waals surface area (Å²) in [6, 6.07) is 0. The van der Waals surface area contributed by atoms with E-state index >= 15 is 0 Å². The zero-order chi connectivity index (χ0) is 7.66. The highest BCUT2D eigenvalue weighted by molar-refractivity contribution is 5.02. The van der Waals surface area contributed by atoms with Crippen LogP contribution in [0.15, 0.2) is 30.0 Å². The van der Waals surface area contributed by atoms with Gasteiger partial charge in [0, 0.05) is 0 Å². The van der Waals surface area contributed by atoms with Crippen LogP contribution in [-0.2, 0) is 0 Å². The van der Waals surface area contributed by atoms with Gasteiger partial charge in [-0.3, -0.25) is 0 Å². The highest BCUT2D eigenvalue weighted by atomic mass is 16.2. The molecule has 0 saturated carbocycles.